The van der Waals surface area contributed by atoms with E-state index in [1.54, 1.807) is 0 Å². The van der Waals surface area contributed by atoms with E-state index in [0.717, 1.165) is 12.8 Å². The molecule has 6 atom stereocenters. The van der Waals surface area contributed by atoms with Crippen molar-refractivity contribution in [2.24, 2.45) is 0 Å². The molecule has 1 aliphatic heterocycles. The van der Waals surface area contributed by atoms with Crippen LogP contribution in [0.2, 0.25) is 0 Å². The highest BCUT2D eigenvalue weighted by molar-refractivity contribution is 4.89. The highest BCUT2D eigenvalue weighted by atomic mass is 16.7. The minimum Gasteiger partial charge on any atom is -0.387 e. The Labute approximate surface area is 195 Å². The number of nitrogens with zero attached hydrogens (tertiary/aromatic N) is 1. The van der Waals surface area contributed by atoms with Gasteiger partial charge in [0.2, 0.25) is 0 Å². The third kappa shape index (κ3) is 12.8. The maximum Gasteiger partial charge on any atom is 0.186 e. The number of likely N-dealkylation sites (N-methyl/N-ethyl adjacent to an activating group) is 1. The highest BCUT2D eigenvalue weighted by Crippen LogP contribution is 2.23. The molecule has 0 aromatic carbocycles. The third-order valence-corrected chi connectivity index (χ3v) is 5.80. The molecule has 0 amide bonds. The van der Waals surface area contributed by atoms with Gasteiger partial charge in [-0.1, -0.05) is 64.7 Å². The van der Waals surface area contributed by atoms with Crippen LogP contribution in [0.3, 0.4) is 0 Å². The first kappa shape index (κ1) is 29.7. The molecule has 1 rings (SSSR count). The SMILES string of the molecule is CCCCCCCCCCCCO[C@@H]1O[C@H](COCC(O)C[N+](C)(C)C)[C@@H](O)[C@H](O)[C@H]1O. The number of hydrogen-bond donors (Lipinski definition) is 4. The second-order valence-corrected chi connectivity index (χ2v) is 10.2. The van der Waals surface area contributed by atoms with Crippen LogP contribution in [0.15, 0.2) is 0 Å². The molecule has 4 N–H and O–H groups in total. The lowest BCUT2D eigenvalue weighted by atomic mass is 9.99. The molecular formula is C24H50NO7+. The third-order valence-electron chi connectivity index (χ3n) is 5.80. The first-order valence-corrected chi connectivity index (χ1v) is 12.5. The number of ether oxygens (including phenoxy) is 3. The predicted octanol–water partition coefficient (Wildman–Crippen LogP) is 1.82. The molecule has 0 aromatic rings. The molecule has 1 unspecified atom stereocenters. The van der Waals surface area contributed by atoms with Gasteiger partial charge in [0.25, 0.3) is 0 Å². The zero-order valence-corrected chi connectivity index (χ0v) is 20.8. The van der Waals surface area contributed by atoms with Crippen LogP contribution in [0, 0.1) is 0 Å². The topological polar surface area (TPSA) is 109 Å². The normalized spacial score (nSPS) is 27.6. The fraction of sp³-hybridized carbons (Fsp3) is 1.00. The summed E-state index contributed by atoms with van der Waals surface area (Å²) >= 11 is 0. The molecule has 1 fully saturated rings. The smallest absolute Gasteiger partial charge is 0.186 e. The van der Waals surface area contributed by atoms with E-state index in [9.17, 15) is 20.4 Å². The standard InChI is InChI=1S/C24H50NO7/c1-5-6-7-8-9-10-11-12-13-14-15-31-24-23(29)22(28)21(27)20(32-24)18-30-17-19(26)16-25(2,3)4/h19-24,26-29H,5-18H2,1-4H3/q+1/t19?,20-,21-,22+,23-,24-/m1/s1. The van der Waals surface area contributed by atoms with Crippen molar-refractivity contribution in [3.8, 4) is 0 Å². The molecule has 32 heavy (non-hydrogen) atoms. The molecule has 0 saturated carbocycles. The summed E-state index contributed by atoms with van der Waals surface area (Å²) < 4.78 is 17.4. The van der Waals surface area contributed by atoms with E-state index < -0.39 is 36.8 Å². The average molecular weight is 465 g/mol. The molecule has 1 aliphatic rings. The number of quaternary nitrogens is 1. The highest BCUT2D eigenvalue weighted by Gasteiger charge is 2.44. The van der Waals surface area contributed by atoms with E-state index in [4.69, 9.17) is 14.2 Å². The fourth-order valence-electron chi connectivity index (χ4n) is 3.99. The minimum atomic E-state index is -1.37. The van der Waals surface area contributed by atoms with Crippen LogP contribution in [-0.4, -0.2) is 109 Å². The Morgan fingerprint density at radius 3 is 1.94 bits per heavy atom. The molecule has 0 spiro atoms. The van der Waals surface area contributed by atoms with Crippen LogP contribution < -0.4 is 0 Å². The van der Waals surface area contributed by atoms with E-state index in [1.165, 1.54) is 51.4 Å². The van der Waals surface area contributed by atoms with Crippen LogP contribution in [-0.2, 0) is 14.2 Å². The first-order valence-electron chi connectivity index (χ1n) is 12.5. The van der Waals surface area contributed by atoms with E-state index >= 15 is 0 Å². The van der Waals surface area contributed by atoms with Gasteiger partial charge in [-0.15, -0.1) is 0 Å². The molecule has 8 heteroatoms. The minimum absolute atomic E-state index is 0.00271. The van der Waals surface area contributed by atoms with Crippen molar-refractivity contribution in [1.29, 1.82) is 0 Å². The number of hydrogen-bond acceptors (Lipinski definition) is 7. The quantitative estimate of drug-likeness (QED) is 0.181. The zero-order valence-electron chi connectivity index (χ0n) is 20.8. The lowest BCUT2D eigenvalue weighted by Gasteiger charge is -2.40. The van der Waals surface area contributed by atoms with Gasteiger partial charge in [-0.2, -0.15) is 0 Å². The Bertz CT molecular complexity index is 460. The number of aliphatic hydroxyl groups excluding tert-OH is 4. The van der Waals surface area contributed by atoms with Gasteiger partial charge >= 0.3 is 0 Å². The largest absolute Gasteiger partial charge is 0.387 e. The van der Waals surface area contributed by atoms with Crippen molar-refractivity contribution >= 4 is 0 Å². The summed E-state index contributed by atoms with van der Waals surface area (Å²) in [7, 11) is 5.93. The molecule has 1 saturated heterocycles. The van der Waals surface area contributed by atoms with Crippen LogP contribution in [0.1, 0.15) is 71.1 Å². The maximum absolute atomic E-state index is 10.2. The summed E-state index contributed by atoms with van der Waals surface area (Å²) in [6.45, 7) is 3.29. The molecule has 1 heterocycles. The van der Waals surface area contributed by atoms with Gasteiger partial charge in [0.1, 0.15) is 37.1 Å². The maximum atomic E-state index is 10.2. The lowest BCUT2D eigenvalue weighted by Crippen LogP contribution is -2.59. The average Bonchev–Trinajstić information content (AvgIpc) is 2.71. The Morgan fingerprint density at radius 2 is 1.38 bits per heavy atom. The number of unbranched alkanes of at least 4 members (excludes halogenated alkanes) is 9. The fourth-order valence-corrected chi connectivity index (χ4v) is 3.99. The Hall–Kier alpha value is -0.320. The summed E-state index contributed by atoms with van der Waals surface area (Å²) in [4.78, 5) is 0. The Balaban J connectivity index is 2.22. The van der Waals surface area contributed by atoms with E-state index in [-0.39, 0.29) is 13.2 Å². The van der Waals surface area contributed by atoms with Gasteiger partial charge in [0.05, 0.1) is 34.4 Å². The van der Waals surface area contributed by atoms with E-state index in [2.05, 4.69) is 6.92 Å². The lowest BCUT2D eigenvalue weighted by molar-refractivity contribution is -0.873. The van der Waals surface area contributed by atoms with Crippen molar-refractivity contribution in [2.45, 2.75) is 108 Å². The van der Waals surface area contributed by atoms with Gasteiger partial charge in [0, 0.05) is 6.61 Å². The molecule has 0 aromatic heterocycles. The van der Waals surface area contributed by atoms with Gasteiger partial charge < -0.3 is 39.1 Å². The summed E-state index contributed by atoms with van der Waals surface area (Å²) in [6, 6.07) is 0. The molecule has 0 aliphatic carbocycles. The molecule has 0 bridgehead atoms. The molecule has 8 nitrogen and oxygen atoms in total. The van der Waals surface area contributed by atoms with Gasteiger partial charge in [0.15, 0.2) is 6.29 Å². The van der Waals surface area contributed by atoms with Crippen LogP contribution in [0.4, 0.5) is 0 Å². The van der Waals surface area contributed by atoms with Gasteiger partial charge in [-0.25, -0.2) is 0 Å². The Kier molecular flexibility index (Phi) is 15.2. The second-order valence-electron chi connectivity index (χ2n) is 10.2. The molecule has 192 valence electrons. The van der Waals surface area contributed by atoms with Crippen molar-refractivity contribution < 1.29 is 39.1 Å². The molecule has 0 radical (unpaired) electrons. The van der Waals surface area contributed by atoms with Gasteiger partial charge in [-0.3, -0.25) is 0 Å². The first-order chi connectivity index (χ1) is 15.2. The van der Waals surface area contributed by atoms with E-state index in [0.29, 0.717) is 17.6 Å². The summed E-state index contributed by atoms with van der Waals surface area (Å²) in [5.41, 5.74) is 0. The predicted molar refractivity (Wildman–Crippen MR) is 124 cm³/mol. The molecular weight excluding hydrogens is 414 g/mol. The number of rotatable bonds is 18. The summed E-state index contributed by atoms with van der Waals surface area (Å²) in [6.07, 6.45) is 5.77. The van der Waals surface area contributed by atoms with Crippen LogP contribution in [0.25, 0.3) is 0 Å². The summed E-state index contributed by atoms with van der Waals surface area (Å²) in [5, 5.41) is 40.6. The number of aliphatic hydroxyl groups is 4. The van der Waals surface area contributed by atoms with Crippen molar-refractivity contribution in [2.75, 3.05) is 47.5 Å². The Morgan fingerprint density at radius 1 is 0.812 bits per heavy atom. The second kappa shape index (κ2) is 16.3. The van der Waals surface area contributed by atoms with E-state index in [1.807, 2.05) is 21.1 Å². The van der Waals surface area contributed by atoms with Crippen LogP contribution >= 0.6 is 0 Å². The van der Waals surface area contributed by atoms with Crippen molar-refractivity contribution in [1.82, 2.24) is 0 Å². The van der Waals surface area contributed by atoms with Gasteiger partial charge in [-0.05, 0) is 6.42 Å². The monoisotopic (exact) mass is 464 g/mol. The van der Waals surface area contributed by atoms with Crippen molar-refractivity contribution in [3.63, 3.8) is 0 Å². The van der Waals surface area contributed by atoms with Crippen molar-refractivity contribution in [3.05, 3.63) is 0 Å². The zero-order chi connectivity index (χ0) is 24.0. The summed E-state index contributed by atoms with van der Waals surface area (Å²) in [5.74, 6) is 0. The van der Waals surface area contributed by atoms with Crippen LogP contribution in [0.5, 0.6) is 0 Å².